The van der Waals surface area contributed by atoms with Gasteiger partial charge in [-0.05, 0) is 30.9 Å². The van der Waals surface area contributed by atoms with E-state index in [9.17, 15) is 0 Å². The minimum atomic E-state index is 0.499. The number of para-hydroxylation sites is 1. The molecule has 0 atom stereocenters. The third-order valence-electron chi connectivity index (χ3n) is 4.66. The fraction of sp³-hybridized carbons (Fsp3) is 0.588. The standard InChI is InChI=1S/C17H23ClN2/c1-13-6-5-9-15-17(13)19-16(12-18)20(15)11-10-14-7-3-2-4-8-14/h5-6,9,14H,2-4,7-8,10-12H2,1H3. The number of halogens is 1. The maximum absolute atomic E-state index is 6.09. The number of rotatable bonds is 4. The minimum Gasteiger partial charge on any atom is -0.327 e. The molecule has 1 aliphatic rings. The highest BCUT2D eigenvalue weighted by Crippen LogP contribution is 2.28. The van der Waals surface area contributed by atoms with E-state index in [0.29, 0.717) is 5.88 Å². The molecule has 0 saturated heterocycles. The van der Waals surface area contributed by atoms with Crippen LogP contribution in [0.4, 0.5) is 0 Å². The van der Waals surface area contributed by atoms with E-state index in [1.807, 2.05) is 0 Å². The van der Waals surface area contributed by atoms with Crippen LogP contribution in [0.1, 0.15) is 49.9 Å². The van der Waals surface area contributed by atoms with Gasteiger partial charge in [0.05, 0.1) is 16.9 Å². The Bertz CT molecular complexity index is 582. The van der Waals surface area contributed by atoms with Crippen molar-refractivity contribution < 1.29 is 0 Å². The van der Waals surface area contributed by atoms with E-state index in [1.54, 1.807) is 0 Å². The third-order valence-corrected chi connectivity index (χ3v) is 4.90. The first-order valence-electron chi connectivity index (χ1n) is 7.80. The highest BCUT2D eigenvalue weighted by Gasteiger charge is 2.16. The van der Waals surface area contributed by atoms with Gasteiger partial charge in [-0.2, -0.15) is 0 Å². The number of benzene rings is 1. The number of fused-ring (bicyclic) bond motifs is 1. The highest BCUT2D eigenvalue weighted by molar-refractivity contribution is 6.16. The van der Waals surface area contributed by atoms with Gasteiger partial charge in [-0.1, -0.05) is 44.2 Å². The van der Waals surface area contributed by atoms with Crippen molar-refractivity contribution in [3.63, 3.8) is 0 Å². The van der Waals surface area contributed by atoms with E-state index in [-0.39, 0.29) is 0 Å². The topological polar surface area (TPSA) is 17.8 Å². The molecule has 0 aliphatic heterocycles. The van der Waals surface area contributed by atoms with Crippen molar-refractivity contribution in [2.24, 2.45) is 5.92 Å². The van der Waals surface area contributed by atoms with Crippen LogP contribution in [0.3, 0.4) is 0 Å². The van der Waals surface area contributed by atoms with Crippen molar-refractivity contribution in [3.05, 3.63) is 29.6 Å². The fourth-order valence-electron chi connectivity index (χ4n) is 3.47. The zero-order valence-corrected chi connectivity index (χ0v) is 13.0. The molecule has 20 heavy (non-hydrogen) atoms. The van der Waals surface area contributed by atoms with Crippen molar-refractivity contribution in [1.29, 1.82) is 0 Å². The number of nitrogens with zero attached hydrogens (tertiary/aromatic N) is 2. The first-order chi connectivity index (χ1) is 9.79. The van der Waals surface area contributed by atoms with Crippen molar-refractivity contribution >= 4 is 22.6 Å². The van der Waals surface area contributed by atoms with E-state index in [2.05, 4.69) is 29.7 Å². The Hall–Kier alpha value is -1.02. The van der Waals surface area contributed by atoms with Gasteiger partial charge in [0, 0.05) is 6.54 Å². The number of aryl methyl sites for hydroxylation is 2. The summed E-state index contributed by atoms with van der Waals surface area (Å²) in [5, 5.41) is 0. The van der Waals surface area contributed by atoms with Crippen molar-refractivity contribution in [3.8, 4) is 0 Å². The van der Waals surface area contributed by atoms with Crippen LogP contribution < -0.4 is 0 Å². The first kappa shape index (κ1) is 13.9. The minimum absolute atomic E-state index is 0.499. The molecule has 3 rings (SSSR count). The summed E-state index contributed by atoms with van der Waals surface area (Å²) in [6.07, 6.45) is 8.33. The molecule has 2 aromatic rings. The van der Waals surface area contributed by atoms with Gasteiger partial charge in [0.15, 0.2) is 0 Å². The summed E-state index contributed by atoms with van der Waals surface area (Å²) in [5.41, 5.74) is 3.61. The molecule has 0 bridgehead atoms. The molecule has 1 aromatic heterocycles. The van der Waals surface area contributed by atoms with E-state index in [4.69, 9.17) is 16.6 Å². The zero-order chi connectivity index (χ0) is 13.9. The predicted molar refractivity (Wildman–Crippen MR) is 85.2 cm³/mol. The molecule has 3 heteroatoms. The summed E-state index contributed by atoms with van der Waals surface area (Å²) in [7, 11) is 0. The number of hydrogen-bond acceptors (Lipinski definition) is 1. The molecule has 1 aromatic carbocycles. The van der Waals surface area contributed by atoms with Gasteiger partial charge in [-0.3, -0.25) is 0 Å². The predicted octanol–water partition coefficient (Wildman–Crippen LogP) is 5.05. The van der Waals surface area contributed by atoms with Gasteiger partial charge in [-0.15, -0.1) is 11.6 Å². The van der Waals surface area contributed by atoms with Crippen LogP contribution >= 0.6 is 11.6 Å². The number of aromatic nitrogens is 2. The summed E-state index contributed by atoms with van der Waals surface area (Å²) in [6.45, 7) is 3.19. The van der Waals surface area contributed by atoms with Crippen LogP contribution in [0, 0.1) is 12.8 Å². The number of alkyl halides is 1. The second kappa shape index (κ2) is 6.17. The molecule has 1 fully saturated rings. The Labute approximate surface area is 126 Å². The van der Waals surface area contributed by atoms with Gasteiger partial charge in [-0.25, -0.2) is 4.98 Å². The molecule has 1 saturated carbocycles. The Balaban J connectivity index is 1.84. The largest absolute Gasteiger partial charge is 0.327 e. The quantitative estimate of drug-likeness (QED) is 0.720. The van der Waals surface area contributed by atoms with Crippen LogP contribution in [0.25, 0.3) is 11.0 Å². The summed E-state index contributed by atoms with van der Waals surface area (Å²) < 4.78 is 2.34. The fourth-order valence-corrected chi connectivity index (χ4v) is 3.68. The Morgan fingerprint density at radius 3 is 2.80 bits per heavy atom. The molecule has 2 nitrogen and oxygen atoms in total. The number of hydrogen-bond donors (Lipinski definition) is 0. The molecular formula is C17H23ClN2. The SMILES string of the molecule is Cc1cccc2c1nc(CCl)n2CCC1CCCCC1. The lowest BCUT2D eigenvalue weighted by atomic mass is 9.87. The summed E-state index contributed by atoms with van der Waals surface area (Å²) in [4.78, 5) is 4.73. The maximum atomic E-state index is 6.09. The monoisotopic (exact) mass is 290 g/mol. The first-order valence-corrected chi connectivity index (χ1v) is 8.33. The van der Waals surface area contributed by atoms with Crippen LogP contribution in [-0.4, -0.2) is 9.55 Å². The lowest BCUT2D eigenvalue weighted by molar-refractivity contribution is 0.324. The van der Waals surface area contributed by atoms with Gasteiger partial charge < -0.3 is 4.57 Å². The summed E-state index contributed by atoms with van der Waals surface area (Å²) >= 11 is 6.09. The normalized spacial score (nSPS) is 16.9. The molecule has 0 unspecified atom stereocenters. The van der Waals surface area contributed by atoms with Gasteiger partial charge in [0.2, 0.25) is 0 Å². The maximum Gasteiger partial charge on any atom is 0.124 e. The van der Waals surface area contributed by atoms with Crippen molar-refractivity contribution in [1.82, 2.24) is 9.55 Å². The summed E-state index contributed by atoms with van der Waals surface area (Å²) in [6, 6.07) is 6.42. The average Bonchev–Trinajstić information content (AvgIpc) is 2.85. The van der Waals surface area contributed by atoms with E-state index < -0.39 is 0 Å². The van der Waals surface area contributed by atoms with E-state index >= 15 is 0 Å². The molecule has 0 amide bonds. The Morgan fingerprint density at radius 2 is 2.05 bits per heavy atom. The second-order valence-corrected chi connectivity index (χ2v) is 6.32. The van der Waals surface area contributed by atoms with Gasteiger partial charge in [0.1, 0.15) is 5.82 Å². The van der Waals surface area contributed by atoms with Crippen molar-refractivity contribution in [2.45, 2.75) is 57.9 Å². The van der Waals surface area contributed by atoms with Gasteiger partial charge in [0.25, 0.3) is 0 Å². The zero-order valence-electron chi connectivity index (χ0n) is 12.2. The van der Waals surface area contributed by atoms with E-state index in [1.165, 1.54) is 49.6 Å². The third kappa shape index (κ3) is 2.71. The Morgan fingerprint density at radius 1 is 1.25 bits per heavy atom. The van der Waals surface area contributed by atoms with E-state index in [0.717, 1.165) is 23.8 Å². The van der Waals surface area contributed by atoms with Crippen LogP contribution in [0.5, 0.6) is 0 Å². The van der Waals surface area contributed by atoms with Crippen LogP contribution in [0.15, 0.2) is 18.2 Å². The van der Waals surface area contributed by atoms with Gasteiger partial charge >= 0.3 is 0 Å². The number of imidazole rings is 1. The molecule has 0 N–H and O–H groups in total. The van der Waals surface area contributed by atoms with Crippen LogP contribution in [0.2, 0.25) is 0 Å². The second-order valence-electron chi connectivity index (χ2n) is 6.05. The molecule has 108 valence electrons. The average molecular weight is 291 g/mol. The lowest BCUT2D eigenvalue weighted by Crippen LogP contribution is -2.11. The molecule has 0 spiro atoms. The van der Waals surface area contributed by atoms with Crippen molar-refractivity contribution in [2.75, 3.05) is 0 Å². The molecular weight excluding hydrogens is 268 g/mol. The Kier molecular flexibility index (Phi) is 4.30. The summed E-state index contributed by atoms with van der Waals surface area (Å²) in [5.74, 6) is 2.42. The van der Waals surface area contributed by atoms with Crippen LogP contribution in [-0.2, 0) is 12.4 Å². The smallest absolute Gasteiger partial charge is 0.124 e. The molecule has 1 aliphatic carbocycles. The highest BCUT2D eigenvalue weighted by atomic mass is 35.5. The lowest BCUT2D eigenvalue weighted by Gasteiger charge is -2.22. The molecule has 1 heterocycles. The molecule has 0 radical (unpaired) electrons.